The fourth-order valence-electron chi connectivity index (χ4n) is 6.77. The Labute approximate surface area is 340 Å². The first-order valence-corrected chi connectivity index (χ1v) is 28.8. The molecule has 2 N–H and O–H groups in total. The molecular weight excluding hydrogens is 807 g/mol. The van der Waals surface area contributed by atoms with Gasteiger partial charge in [0.05, 0.1) is 0 Å². The van der Waals surface area contributed by atoms with Crippen LogP contribution in [0.5, 0.6) is 0 Å². The summed E-state index contributed by atoms with van der Waals surface area (Å²) in [6.45, 7) is 4.38. The molecule has 0 radical (unpaired) electrons. The molecule has 0 spiro atoms. The van der Waals surface area contributed by atoms with Crippen LogP contribution < -0.4 is 5.73 Å². The van der Waals surface area contributed by atoms with Crippen molar-refractivity contribution in [2.45, 2.75) is 170 Å². The quantitative estimate of drug-likeness (QED) is 0.0387. The fraction of sp³-hybridized carbons (Fsp3) is 0.571. The predicted molar refractivity (Wildman–Crippen MR) is 219 cm³/mol. The molecule has 14 heteroatoms. The topological polar surface area (TPSA) is 164 Å². The Morgan fingerprint density at radius 2 is 0.786 bits per heavy atom. The summed E-state index contributed by atoms with van der Waals surface area (Å²) in [5, 5.41) is 0. The Morgan fingerprint density at radius 3 is 1.14 bits per heavy atom. The van der Waals surface area contributed by atoms with Crippen molar-refractivity contribution in [1.29, 1.82) is 0 Å². The molecule has 313 valence electrons. The van der Waals surface area contributed by atoms with Gasteiger partial charge >= 0.3 is 291 Å². The molecule has 3 aromatic carbocycles. The Balaban J connectivity index is 1.81. The van der Waals surface area contributed by atoms with Gasteiger partial charge in [-0.1, -0.05) is 52.4 Å². The van der Waals surface area contributed by atoms with E-state index in [1.165, 1.54) is 101 Å². The van der Waals surface area contributed by atoms with E-state index < -0.39 is 58.4 Å². The van der Waals surface area contributed by atoms with Crippen LogP contribution in [-0.4, -0.2) is 25.3 Å². The van der Waals surface area contributed by atoms with Crippen LogP contribution in [0.2, 0.25) is 0 Å². The molecule has 0 fully saturated rings. The molecular formula is C42H64NO9S3Ti. The van der Waals surface area contributed by atoms with Crippen LogP contribution in [0.4, 0.5) is 5.69 Å². The van der Waals surface area contributed by atoms with Gasteiger partial charge in [0.25, 0.3) is 0 Å². The Bertz CT molecular complexity index is 1880. The molecule has 0 amide bonds. The molecule has 56 heavy (non-hydrogen) atoms. The van der Waals surface area contributed by atoms with Gasteiger partial charge in [-0.15, -0.1) is 0 Å². The summed E-state index contributed by atoms with van der Waals surface area (Å²) in [6, 6.07) is 16.2. The molecule has 0 heterocycles. The second-order valence-corrected chi connectivity index (χ2v) is 26.9. The van der Waals surface area contributed by atoms with Crippen molar-refractivity contribution in [2.75, 3.05) is 5.73 Å². The van der Waals surface area contributed by atoms with Crippen LogP contribution in [0.3, 0.4) is 0 Å². The third-order valence-electron chi connectivity index (χ3n) is 10.0. The number of unbranched alkanes of at least 4 members (excludes halogenated alkanes) is 18. The van der Waals surface area contributed by atoms with Crippen LogP contribution >= 0.6 is 0 Å². The summed E-state index contributed by atoms with van der Waals surface area (Å²) in [5.74, 6) is 0. The third-order valence-corrected chi connectivity index (χ3v) is 24.1. The normalized spacial score (nSPS) is 12.6. The number of aryl methyl sites for hydroxylation is 2. The van der Waals surface area contributed by atoms with Crippen LogP contribution in [0.15, 0.2) is 87.5 Å². The molecule has 0 atom stereocenters. The molecule has 0 unspecified atom stereocenters. The van der Waals surface area contributed by atoms with Crippen LogP contribution in [-0.2, 0) is 65.4 Å². The monoisotopic (exact) mass is 870 g/mol. The van der Waals surface area contributed by atoms with E-state index in [0.717, 1.165) is 63.5 Å². The van der Waals surface area contributed by atoms with Gasteiger partial charge in [0.15, 0.2) is 0 Å². The zero-order valence-corrected chi connectivity index (χ0v) is 37.5. The van der Waals surface area contributed by atoms with Crippen molar-refractivity contribution in [3.63, 3.8) is 0 Å². The summed E-state index contributed by atoms with van der Waals surface area (Å²) in [6.07, 6.45) is 22.5. The number of nitrogen functional groups attached to an aromatic ring is 1. The van der Waals surface area contributed by atoms with Crippen molar-refractivity contribution in [1.82, 2.24) is 0 Å². The number of hydrogen-bond acceptors (Lipinski definition) is 10. The van der Waals surface area contributed by atoms with Crippen LogP contribution in [0.25, 0.3) is 0 Å². The van der Waals surface area contributed by atoms with Crippen LogP contribution in [0, 0.1) is 0 Å². The summed E-state index contributed by atoms with van der Waals surface area (Å²) < 4.78 is 109. The first-order valence-electron chi connectivity index (χ1n) is 20.6. The summed E-state index contributed by atoms with van der Waals surface area (Å²) in [5.41, 5.74) is 6.60. The van der Waals surface area contributed by atoms with Crippen LogP contribution in [0.1, 0.15) is 153 Å². The van der Waals surface area contributed by atoms with Gasteiger partial charge in [0, 0.05) is 0 Å². The van der Waals surface area contributed by atoms with Gasteiger partial charge in [-0.3, -0.25) is 0 Å². The van der Waals surface area contributed by atoms with E-state index >= 15 is 0 Å². The van der Waals surface area contributed by atoms with Crippen molar-refractivity contribution in [3.8, 4) is 0 Å². The van der Waals surface area contributed by atoms with Crippen molar-refractivity contribution in [2.24, 2.45) is 0 Å². The van der Waals surface area contributed by atoms with Gasteiger partial charge in [0.1, 0.15) is 0 Å². The Morgan fingerprint density at radius 1 is 0.464 bits per heavy atom. The van der Waals surface area contributed by atoms with Gasteiger partial charge in [-0.2, -0.15) is 0 Å². The average Bonchev–Trinajstić information content (AvgIpc) is 3.16. The summed E-state index contributed by atoms with van der Waals surface area (Å²) >= 11 is -7.27. The summed E-state index contributed by atoms with van der Waals surface area (Å²) in [7, 11) is -15.6. The minimum absolute atomic E-state index is 0.178. The molecule has 0 saturated heterocycles. The fourth-order valence-corrected chi connectivity index (χ4v) is 21.0. The number of anilines is 1. The summed E-state index contributed by atoms with van der Waals surface area (Å²) in [4.78, 5) is -1.43. The first-order chi connectivity index (χ1) is 26.8. The molecule has 0 bridgehead atoms. The molecule has 3 rings (SSSR count). The zero-order chi connectivity index (χ0) is 40.9. The zero-order valence-electron chi connectivity index (χ0n) is 33.5. The number of benzene rings is 3. The van der Waals surface area contributed by atoms with E-state index in [4.69, 9.17) is 11.3 Å². The van der Waals surface area contributed by atoms with E-state index in [1.807, 2.05) is 0 Å². The molecule has 0 aliphatic carbocycles. The minimum atomic E-state index is -7.27. The van der Waals surface area contributed by atoms with Gasteiger partial charge in [-0.25, -0.2) is 0 Å². The van der Waals surface area contributed by atoms with Crippen molar-refractivity contribution >= 4 is 33.3 Å². The predicted octanol–water partition coefficient (Wildman–Crippen LogP) is 11.0. The molecule has 10 nitrogen and oxygen atoms in total. The standard InChI is InChI=1S/2C18H30O3S.C6H6NO2S.O.Ti/c2*1-2-3-4-5-6-7-8-9-10-11-14-17-15-12-13-16-18(17)22(19,20)21;7-5-1-3-6(4-2-5)10(8)9;;/h2*12-13,15-16H,2-11,14H2,1H3,(H,19,20,21);1-4H,7H2;;/q;;;;+2/p-2. The van der Waals surface area contributed by atoms with E-state index in [9.17, 15) is 28.6 Å². The maximum atomic E-state index is 14.7. The number of hydrogen-bond donors (Lipinski definition) is 1. The third kappa shape index (κ3) is 15.5. The Hall–Kier alpha value is -2.26. The first kappa shape index (κ1) is 48.1. The second-order valence-electron chi connectivity index (χ2n) is 14.7. The van der Waals surface area contributed by atoms with Crippen molar-refractivity contribution in [3.05, 3.63) is 83.9 Å². The van der Waals surface area contributed by atoms with E-state index in [1.54, 1.807) is 24.3 Å². The SMILES string of the molecule is CCCCCCCCCCCCc1ccccc1S(=O)(=O)[O][Ti](=[O])([O]S(=O)(=O)c1ccccc1CCCCCCCCCCCC)[S](=O)(=O)c1ccc(N)cc1. The van der Waals surface area contributed by atoms with Crippen molar-refractivity contribution < 1.29 is 50.1 Å². The van der Waals surface area contributed by atoms with Gasteiger partial charge in [-0.05, 0) is 0 Å². The molecule has 0 aliphatic heterocycles. The average molecular weight is 871 g/mol. The van der Waals surface area contributed by atoms with E-state index in [-0.39, 0.29) is 5.69 Å². The molecule has 0 aromatic heterocycles. The second kappa shape index (κ2) is 24.6. The molecule has 0 saturated carbocycles. The maximum absolute atomic E-state index is 14.7. The molecule has 3 aromatic rings. The number of nitrogens with two attached hydrogens (primary N) is 1. The van der Waals surface area contributed by atoms with E-state index in [0.29, 0.717) is 36.8 Å². The van der Waals surface area contributed by atoms with E-state index in [2.05, 4.69) is 13.8 Å². The number of rotatable bonds is 30. The van der Waals surface area contributed by atoms with Gasteiger partial charge in [0.2, 0.25) is 0 Å². The van der Waals surface area contributed by atoms with Gasteiger partial charge < -0.3 is 0 Å². The molecule has 0 aliphatic rings. The Kier molecular flexibility index (Phi) is 21.1.